The van der Waals surface area contributed by atoms with Gasteiger partial charge in [-0.25, -0.2) is 0 Å². The Morgan fingerprint density at radius 2 is 1.48 bits per heavy atom. The second-order valence-corrected chi connectivity index (χ2v) is 2.86. The van der Waals surface area contributed by atoms with E-state index in [-0.39, 0.29) is 0 Å². The van der Waals surface area contributed by atoms with E-state index >= 15 is 0 Å². The molecule has 21 heavy (non-hydrogen) atoms. The van der Waals surface area contributed by atoms with Gasteiger partial charge in [-0.2, -0.15) is 0 Å². The molecular formula is C13H8MoO7. The van der Waals surface area contributed by atoms with Crippen molar-refractivity contribution in [1.82, 2.24) is 0 Å². The van der Waals surface area contributed by atoms with Crippen molar-refractivity contribution in [1.29, 1.82) is 0 Å². The van der Waals surface area contributed by atoms with Gasteiger partial charge in [0.2, 0.25) is 0 Å². The summed E-state index contributed by atoms with van der Waals surface area (Å²) in [7, 11) is 1.64. The Labute approximate surface area is 133 Å². The molecule has 0 fully saturated rings. The van der Waals surface area contributed by atoms with Crippen molar-refractivity contribution in [3.05, 3.63) is 63.5 Å². The molecule has 0 aliphatic carbocycles. The number of hydrogen-bond donors (Lipinski definition) is 0. The van der Waals surface area contributed by atoms with Crippen molar-refractivity contribution in [3.63, 3.8) is 0 Å². The fourth-order valence-corrected chi connectivity index (χ4v) is 0.772. The van der Waals surface area contributed by atoms with Gasteiger partial charge in [-0.15, -0.1) is 0 Å². The molecule has 7 nitrogen and oxygen atoms in total. The van der Waals surface area contributed by atoms with Crippen LogP contribution in [0.25, 0.3) is 6.08 Å². The van der Waals surface area contributed by atoms with Gasteiger partial charge in [-0.1, -0.05) is 0 Å². The van der Waals surface area contributed by atoms with E-state index in [4.69, 9.17) is 32.4 Å². The van der Waals surface area contributed by atoms with Gasteiger partial charge >= 0.3 is 133 Å². The normalized spacial score (nSPS) is 6.05. The summed E-state index contributed by atoms with van der Waals surface area (Å²) < 4.78 is 48.4. The third-order valence-electron chi connectivity index (χ3n) is 1.13. The van der Waals surface area contributed by atoms with Crippen LogP contribution in [0.1, 0.15) is 5.76 Å². The van der Waals surface area contributed by atoms with Crippen molar-refractivity contribution in [3.8, 4) is 0 Å². The van der Waals surface area contributed by atoms with Crippen LogP contribution in [0.4, 0.5) is 0 Å². The van der Waals surface area contributed by atoms with E-state index in [1.807, 2.05) is 43.6 Å². The minimum absolute atomic E-state index is 0.836. The molecule has 0 spiro atoms. The van der Waals surface area contributed by atoms with E-state index in [0.717, 1.165) is 9.84 Å². The Bertz CT molecular complexity index is 400. The molecule has 0 amide bonds. The predicted octanol–water partition coefficient (Wildman–Crippen LogP) is 1.43. The van der Waals surface area contributed by atoms with Crippen molar-refractivity contribution in [2.45, 2.75) is 0 Å². The van der Waals surface area contributed by atoms with Crippen molar-refractivity contribution in [2.75, 3.05) is 7.11 Å². The van der Waals surface area contributed by atoms with Gasteiger partial charge in [-0.3, -0.25) is 0 Å². The Kier molecular flexibility index (Phi) is 64.5. The van der Waals surface area contributed by atoms with Crippen LogP contribution in [-0.2, 0) is 47.4 Å². The fraction of sp³-hybridized carbons (Fsp3) is 0.0769. The zero-order valence-corrected chi connectivity index (χ0v) is 12.7. The first-order chi connectivity index (χ1) is 10.3. The molecule has 1 aromatic rings. The third kappa shape index (κ3) is 32.1. The zero-order chi connectivity index (χ0) is 18.1. The number of rotatable bonds is 3. The van der Waals surface area contributed by atoms with Crippen molar-refractivity contribution in [2.24, 2.45) is 0 Å². The van der Waals surface area contributed by atoms with Crippen LogP contribution < -0.4 is 0 Å². The maximum atomic E-state index is 7.50. The van der Waals surface area contributed by atoms with Gasteiger partial charge in [0.1, 0.15) is 0 Å². The summed E-state index contributed by atoms with van der Waals surface area (Å²) in [5.74, 6) is 0.836. The molecule has 0 atom stereocenters. The minimum atomic E-state index is 0.836. The van der Waals surface area contributed by atoms with Crippen molar-refractivity contribution >= 4 is 10.2 Å². The second-order valence-electron chi connectivity index (χ2n) is 1.87. The topological polar surface area (TPSA) is 122 Å². The van der Waals surface area contributed by atoms with Crippen LogP contribution in [0.5, 0.6) is 0 Å². The number of hydrogen-bond acceptors (Lipinski definition) is 2. The summed E-state index contributed by atoms with van der Waals surface area (Å²) in [5, 5.41) is 0. The zero-order valence-electron chi connectivity index (χ0n) is 10.7. The van der Waals surface area contributed by atoms with Crippen LogP contribution in [0.2, 0.25) is 0 Å². The Morgan fingerprint density at radius 1 is 1.05 bits per heavy atom. The van der Waals surface area contributed by atoms with Crippen LogP contribution in [0, 0.1) is 33.3 Å². The molecule has 0 saturated heterocycles. The first-order valence-corrected chi connectivity index (χ1v) is 5.15. The van der Waals surface area contributed by atoms with Crippen LogP contribution >= 0.6 is 0 Å². The monoisotopic (exact) mass is 374 g/mol. The van der Waals surface area contributed by atoms with Gasteiger partial charge in [0, 0.05) is 0 Å². The van der Waals surface area contributed by atoms with Gasteiger partial charge in [0.15, 0.2) is 0 Å². The van der Waals surface area contributed by atoms with E-state index in [1.165, 1.54) is 0 Å². The quantitative estimate of drug-likeness (QED) is 0.453. The summed E-state index contributed by atoms with van der Waals surface area (Å²) in [6.45, 7) is 22.5. The summed E-state index contributed by atoms with van der Waals surface area (Å²) in [4.78, 5) is 0. The molecule has 0 unspecified atom stereocenters. The molecule has 0 aliphatic heterocycles. The summed E-state index contributed by atoms with van der Waals surface area (Å²) >= 11 is 1.82. The van der Waals surface area contributed by atoms with Crippen LogP contribution in [0.3, 0.4) is 0 Å². The average Bonchev–Trinajstić information content (AvgIpc) is 3.15. The summed E-state index contributed by atoms with van der Waals surface area (Å²) in [6, 6.07) is 3.74. The van der Waals surface area contributed by atoms with E-state index < -0.39 is 0 Å². The van der Waals surface area contributed by atoms with E-state index in [2.05, 4.69) is 33.3 Å². The Hall–Kier alpha value is -1.76. The average molecular weight is 372 g/mol. The van der Waals surface area contributed by atoms with Gasteiger partial charge in [0.25, 0.3) is 0 Å². The number of furan rings is 1. The Balaban J connectivity index is -0.0000000727. The second kappa shape index (κ2) is 42.9. The van der Waals surface area contributed by atoms with Crippen LogP contribution in [-0.4, -0.2) is 11.2 Å². The first kappa shape index (κ1) is 31.6. The summed E-state index contributed by atoms with van der Waals surface area (Å²) in [6.07, 6.45) is 5.37. The van der Waals surface area contributed by atoms with Gasteiger partial charge in [0.05, 0.1) is 0 Å². The molecule has 0 bridgehead atoms. The first-order valence-electron chi connectivity index (χ1n) is 4.14. The molecular weight excluding hydrogens is 364 g/mol. The molecule has 0 radical (unpaired) electrons. The van der Waals surface area contributed by atoms with Crippen LogP contribution in [0.15, 0.2) is 28.9 Å². The standard InChI is InChI=1S/C8H8O2.5CO.Mo/c1-9-6-2-4-8-5-3-7-10-8;5*1-2;/h2-5,7H,1H3;;;;;;/b4-2+;;;;;;. The number of ether oxygens (including phenoxy) is 1. The predicted molar refractivity (Wildman–Crippen MR) is 59.4 cm³/mol. The fourth-order valence-electron chi connectivity index (χ4n) is 0.604. The maximum absolute atomic E-state index is 7.50. The third-order valence-corrected chi connectivity index (χ3v) is 1.87. The molecule has 1 aromatic heterocycles. The SMILES string of the molecule is CO[C](=[Mo])/C=C/c1ccco1.[C-]#[O+].[C-]#[O+].[C-]#[O+].[C-]#[O+].[C-]#[O+]. The molecule has 8 heteroatoms. The molecule has 0 saturated carbocycles. The van der Waals surface area contributed by atoms with E-state index in [1.54, 1.807) is 13.4 Å². The molecule has 0 aliphatic rings. The summed E-state index contributed by atoms with van der Waals surface area (Å²) in [5.41, 5.74) is 0. The molecule has 0 aromatic carbocycles. The molecule has 1 rings (SSSR count). The Morgan fingerprint density at radius 3 is 1.76 bits per heavy atom. The van der Waals surface area contributed by atoms with Crippen molar-refractivity contribution < 1.29 is 51.8 Å². The van der Waals surface area contributed by atoms with Gasteiger partial charge < -0.3 is 0 Å². The number of methoxy groups -OCH3 is 1. The molecule has 1 heterocycles. The molecule has 0 N–H and O–H groups in total. The van der Waals surface area contributed by atoms with E-state index in [0.29, 0.717) is 0 Å². The van der Waals surface area contributed by atoms with Gasteiger partial charge in [-0.05, 0) is 0 Å². The van der Waals surface area contributed by atoms with E-state index in [9.17, 15) is 0 Å². The molecule has 108 valence electrons.